The van der Waals surface area contributed by atoms with E-state index in [9.17, 15) is 0 Å². The van der Waals surface area contributed by atoms with E-state index in [1.165, 1.54) is 12.8 Å². The molecule has 0 nitrogen and oxygen atoms in total. The van der Waals surface area contributed by atoms with Gasteiger partial charge in [-0.25, -0.2) is 0 Å². The molecule has 68 valence electrons. The van der Waals surface area contributed by atoms with Gasteiger partial charge in [0.05, 0.1) is 0 Å². The lowest BCUT2D eigenvalue weighted by molar-refractivity contribution is 0.798. The summed E-state index contributed by atoms with van der Waals surface area (Å²) < 4.78 is -0.970. The zero-order chi connectivity index (χ0) is 9.07. The highest BCUT2D eigenvalue weighted by Gasteiger charge is 2.37. The van der Waals surface area contributed by atoms with Gasteiger partial charge in [0.1, 0.15) is 0 Å². The second-order valence-corrected chi connectivity index (χ2v) is 23.5. The van der Waals surface area contributed by atoms with E-state index in [0.29, 0.717) is 0 Å². The van der Waals surface area contributed by atoms with Crippen LogP contribution >= 0.6 is 43.6 Å². The lowest BCUT2D eigenvalue weighted by atomic mass is 10.4. The molecule has 0 amide bonds. The van der Waals surface area contributed by atoms with Gasteiger partial charge < -0.3 is 0 Å². The molecule has 2 atom stereocenters. The summed E-state index contributed by atoms with van der Waals surface area (Å²) in [6.45, 7) is 9.45. The second kappa shape index (κ2) is 5.42. The van der Waals surface area contributed by atoms with Gasteiger partial charge in [0.2, 0.25) is 0 Å². The smallest absolute Gasteiger partial charge is 0.104 e. The molecule has 0 aliphatic carbocycles. The van der Waals surface area contributed by atoms with Crippen molar-refractivity contribution in [1.82, 2.24) is 0 Å². The molecule has 0 rings (SSSR count). The standard InChI is InChI=1S/C8H18I2Si/c1-5-7(3)11(9,10)8(4)6-2/h7-8H,5-6H2,1-4H3. The summed E-state index contributed by atoms with van der Waals surface area (Å²) in [6.07, 6.45) is 2.70. The monoisotopic (exact) mass is 396 g/mol. The molecule has 11 heavy (non-hydrogen) atoms. The van der Waals surface area contributed by atoms with Crippen molar-refractivity contribution in [2.75, 3.05) is 0 Å². The van der Waals surface area contributed by atoms with Crippen LogP contribution in [0.25, 0.3) is 0 Å². The van der Waals surface area contributed by atoms with Crippen LogP contribution in [0.1, 0.15) is 40.5 Å². The van der Waals surface area contributed by atoms with Crippen molar-refractivity contribution in [1.29, 1.82) is 0 Å². The quantitative estimate of drug-likeness (QED) is 0.360. The summed E-state index contributed by atoms with van der Waals surface area (Å²) in [5.41, 5.74) is 1.91. The lowest BCUT2D eigenvalue weighted by Crippen LogP contribution is -2.28. The predicted octanol–water partition coefficient (Wildman–Crippen LogP) is 4.90. The zero-order valence-corrected chi connectivity index (χ0v) is 13.1. The van der Waals surface area contributed by atoms with Crippen LogP contribution in [-0.4, -0.2) is 3.07 Å². The van der Waals surface area contributed by atoms with Crippen molar-refractivity contribution in [2.24, 2.45) is 0 Å². The molecule has 0 N–H and O–H groups in total. The fraction of sp³-hybridized carbons (Fsp3) is 1.00. The summed E-state index contributed by atoms with van der Waals surface area (Å²) in [7, 11) is 0. The molecule has 0 aromatic rings. The first kappa shape index (κ1) is 12.7. The Labute approximate surface area is 97.3 Å². The van der Waals surface area contributed by atoms with Gasteiger partial charge in [0.15, 0.2) is 3.07 Å². The maximum atomic E-state index is 2.75. The van der Waals surface area contributed by atoms with Crippen LogP contribution in [0.3, 0.4) is 0 Å². The minimum absolute atomic E-state index is 0.957. The first-order valence-corrected chi connectivity index (χ1v) is 12.7. The first-order valence-electron chi connectivity index (χ1n) is 4.34. The Morgan fingerprint density at radius 3 is 1.45 bits per heavy atom. The molecule has 0 aliphatic rings. The Kier molecular flexibility index (Phi) is 6.24. The Morgan fingerprint density at radius 1 is 1.00 bits per heavy atom. The number of halogens is 2. The van der Waals surface area contributed by atoms with Crippen LogP contribution in [-0.2, 0) is 0 Å². The largest absolute Gasteiger partial charge is 0.197 e. The highest BCUT2D eigenvalue weighted by Crippen LogP contribution is 2.46. The van der Waals surface area contributed by atoms with Gasteiger partial charge in [0, 0.05) is 0 Å². The average molecular weight is 396 g/mol. The molecule has 0 bridgehead atoms. The minimum Gasteiger partial charge on any atom is -0.104 e. The van der Waals surface area contributed by atoms with Crippen LogP contribution in [0.2, 0.25) is 11.1 Å². The Hall–Kier alpha value is 1.68. The summed E-state index contributed by atoms with van der Waals surface area (Å²) in [5.74, 6) is 0. The first-order chi connectivity index (χ1) is 4.96. The fourth-order valence-corrected chi connectivity index (χ4v) is 8.37. The van der Waals surface area contributed by atoms with E-state index in [-0.39, 0.29) is 0 Å². The highest BCUT2D eigenvalue weighted by molar-refractivity contribution is 14.3. The second-order valence-electron chi connectivity index (χ2n) is 3.29. The van der Waals surface area contributed by atoms with Gasteiger partial charge in [0.25, 0.3) is 0 Å². The molecular formula is C8H18I2Si. The van der Waals surface area contributed by atoms with E-state index in [2.05, 4.69) is 71.3 Å². The third-order valence-corrected chi connectivity index (χ3v) is 18.7. The van der Waals surface area contributed by atoms with Crippen molar-refractivity contribution in [2.45, 2.75) is 51.6 Å². The van der Waals surface area contributed by atoms with Gasteiger partial charge in [-0.2, -0.15) is 0 Å². The van der Waals surface area contributed by atoms with Crippen LogP contribution in [0.5, 0.6) is 0 Å². The number of hydrogen-bond donors (Lipinski definition) is 0. The number of rotatable bonds is 4. The minimum atomic E-state index is -0.970. The Balaban J connectivity index is 4.18. The molecule has 0 aromatic heterocycles. The van der Waals surface area contributed by atoms with E-state index in [1.807, 2.05) is 0 Å². The van der Waals surface area contributed by atoms with Crippen LogP contribution in [0.4, 0.5) is 0 Å². The van der Waals surface area contributed by atoms with Crippen LogP contribution in [0, 0.1) is 0 Å². The van der Waals surface area contributed by atoms with Crippen LogP contribution in [0.15, 0.2) is 0 Å². The van der Waals surface area contributed by atoms with Crippen molar-refractivity contribution in [3.05, 3.63) is 0 Å². The third kappa shape index (κ3) is 3.50. The number of hydrogen-bond acceptors (Lipinski definition) is 0. The molecule has 0 heterocycles. The normalized spacial score (nSPS) is 18.0. The predicted molar refractivity (Wildman–Crippen MR) is 73.2 cm³/mol. The molecule has 0 saturated heterocycles. The summed E-state index contributed by atoms with van der Waals surface area (Å²) in [4.78, 5) is 0. The average Bonchev–Trinajstić information content (AvgIpc) is 2.01. The SMILES string of the molecule is CCC(C)[Si](I)(I)C(C)CC. The fourth-order valence-electron chi connectivity index (χ4n) is 1.03. The molecule has 2 unspecified atom stereocenters. The molecule has 0 spiro atoms. The molecule has 0 fully saturated rings. The molecule has 0 aromatic carbocycles. The van der Waals surface area contributed by atoms with Gasteiger partial charge >= 0.3 is 0 Å². The van der Waals surface area contributed by atoms with E-state index < -0.39 is 3.07 Å². The molecule has 0 saturated carbocycles. The van der Waals surface area contributed by atoms with Gasteiger partial charge in [-0.15, -0.1) is 43.6 Å². The molecular weight excluding hydrogens is 378 g/mol. The highest BCUT2D eigenvalue weighted by atomic mass is 127. The van der Waals surface area contributed by atoms with Gasteiger partial charge in [-0.3, -0.25) is 0 Å². The Morgan fingerprint density at radius 2 is 1.27 bits per heavy atom. The van der Waals surface area contributed by atoms with E-state index in [4.69, 9.17) is 0 Å². The summed E-state index contributed by atoms with van der Waals surface area (Å²) in [6, 6.07) is 0. The van der Waals surface area contributed by atoms with Gasteiger partial charge in [-0.1, -0.05) is 40.5 Å². The van der Waals surface area contributed by atoms with Crippen molar-refractivity contribution in [3.63, 3.8) is 0 Å². The van der Waals surface area contributed by atoms with Crippen molar-refractivity contribution in [3.8, 4) is 0 Å². The zero-order valence-electron chi connectivity index (χ0n) is 7.82. The maximum absolute atomic E-state index is 2.75. The topological polar surface area (TPSA) is 0 Å². The lowest BCUT2D eigenvalue weighted by Gasteiger charge is -2.30. The molecule has 0 radical (unpaired) electrons. The van der Waals surface area contributed by atoms with E-state index in [1.54, 1.807) is 0 Å². The molecule has 3 heteroatoms. The van der Waals surface area contributed by atoms with E-state index >= 15 is 0 Å². The van der Waals surface area contributed by atoms with Crippen molar-refractivity contribution >= 4 is 46.7 Å². The summed E-state index contributed by atoms with van der Waals surface area (Å²) >= 11 is 5.51. The van der Waals surface area contributed by atoms with Gasteiger partial charge in [-0.05, 0) is 11.1 Å². The maximum Gasteiger partial charge on any atom is 0.197 e. The Bertz CT molecular complexity index is 103. The van der Waals surface area contributed by atoms with Crippen molar-refractivity contribution < 1.29 is 0 Å². The molecule has 0 aliphatic heterocycles. The van der Waals surface area contributed by atoms with E-state index in [0.717, 1.165) is 11.1 Å². The third-order valence-electron chi connectivity index (χ3n) is 2.54. The van der Waals surface area contributed by atoms with Crippen LogP contribution < -0.4 is 0 Å². The summed E-state index contributed by atoms with van der Waals surface area (Å²) in [5, 5.41) is 0.